The Morgan fingerprint density at radius 1 is 1.62 bits per heavy atom. The van der Waals surface area contributed by atoms with Gasteiger partial charge in [0, 0.05) is 12.1 Å². The number of hydrogen-bond donors (Lipinski definition) is 2. The summed E-state index contributed by atoms with van der Waals surface area (Å²) in [5, 5.41) is 3.05. The molecule has 13 heavy (non-hydrogen) atoms. The molecule has 0 aliphatic carbocycles. The number of ether oxygens (including phenoxy) is 1. The van der Waals surface area contributed by atoms with Crippen molar-refractivity contribution in [1.29, 1.82) is 0 Å². The SMILES string of the molecule is CC1CNc2cc(F)cc(N)c2O1. The van der Waals surface area contributed by atoms with E-state index < -0.39 is 0 Å². The van der Waals surface area contributed by atoms with Crippen molar-refractivity contribution in [2.24, 2.45) is 0 Å². The number of rotatable bonds is 0. The molecule has 1 atom stereocenters. The van der Waals surface area contributed by atoms with E-state index in [0.29, 0.717) is 23.7 Å². The van der Waals surface area contributed by atoms with Crippen LogP contribution in [0.3, 0.4) is 0 Å². The second-order valence-corrected chi connectivity index (χ2v) is 3.18. The second-order valence-electron chi connectivity index (χ2n) is 3.18. The maximum absolute atomic E-state index is 12.9. The highest BCUT2D eigenvalue weighted by Gasteiger charge is 2.18. The van der Waals surface area contributed by atoms with Gasteiger partial charge in [-0.1, -0.05) is 0 Å². The van der Waals surface area contributed by atoms with Gasteiger partial charge < -0.3 is 15.8 Å². The third-order valence-corrected chi connectivity index (χ3v) is 1.98. The van der Waals surface area contributed by atoms with Crippen molar-refractivity contribution >= 4 is 11.4 Å². The summed E-state index contributed by atoms with van der Waals surface area (Å²) in [6.45, 7) is 2.61. The van der Waals surface area contributed by atoms with E-state index in [1.165, 1.54) is 12.1 Å². The summed E-state index contributed by atoms with van der Waals surface area (Å²) >= 11 is 0. The molecule has 1 aliphatic rings. The van der Waals surface area contributed by atoms with E-state index in [-0.39, 0.29) is 11.9 Å². The predicted octanol–water partition coefficient (Wildman–Crippen LogP) is 1.60. The molecule has 1 unspecified atom stereocenters. The van der Waals surface area contributed by atoms with Gasteiger partial charge in [0.2, 0.25) is 0 Å². The molecular formula is C9H11FN2O. The second kappa shape index (κ2) is 2.80. The van der Waals surface area contributed by atoms with Crippen LogP contribution in [0.5, 0.6) is 5.75 Å². The molecule has 1 aromatic carbocycles. The van der Waals surface area contributed by atoms with Crippen molar-refractivity contribution in [1.82, 2.24) is 0 Å². The van der Waals surface area contributed by atoms with Crippen molar-refractivity contribution < 1.29 is 9.13 Å². The molecule has 70 valence electrons. The summed E-state index contributed by atoms with van der Waals surface area (Å²) in [6, 6.07) is 2.65. The first kappa shape index (κ1) is 8.16. The molecule has 2 rings (SSSR count). The summed E-state index contributed by atoms with van der Waals surface area (Å²) < 4.78 is 18.3. The number of nitrogens with one attached hydrogen (secondary N) is 1. The first-order chi connectivity index (χ1) is 6.16. The van der Waals surface area contributed by atoms with Gasteiger partial charge in [0.1, 0.15) is 11.9 Å². The standard InChI is InChI=1S/C9H11FN2O/c1-5-4-12-8-3-6(10)2-7(11)9(8)13-5/h2-3,5,12H,4,11H2,1H3. The average Bonchev–Trinajstić information content (AvgIpc) is 2.06. The van der Waals surface area contributed by atoms with E-state index in [1.54, 1.807) is 0 Å². The number of fused-ring (bicyclic) bond motifs is 1. The van der Waals surface area contributed by atoms with Crippen LogP contribution in [0.2, 0.25) is 0 Å². The third kappa shape index (κ3) is 1.39. The Kier molecular flexibility index (Phi) is 1.76. The molecule has 0 amide bonds. The minimum atomic E-state index is -0.345. The minimum absolute atomic E-state index is 0.0697. The number of nitrogens with two attached hydrogens (primary N) is 1. The topological polar surface area (TPSA) is 47.3 Å². The molecule has 0 spiro atoms. The van der Waals surface area contributed by atoms with Crippen LogP contribution in [0.15, 0.2) is 12.1 Å². The molecule has 1 heterocycles. The summed E-state index contributed by atoms with van der Waals surface area (Å²) in [5.41, 5.74) is 6.58. The highest BCUT2D eigenvalue weighted by molar-refractivity contribution is 5.70. The van der Waals surface area contributed by atoms with Crippen LogP contribution in [0.4, 0.5) is 15.8 Å². The molecule has 0 bridgehead atoms. The van der Waals surface area contributed by atoms with E-state index in [4.69, 9.17) is 10.5 Å². The molecule has 0 fully saturated rings. The van der Waals surface area contributed by atoms with Gasteiger partial charge in [0.25, 0.3) is 0 Å². The van der Waals surface area contributed by atoms with Crippen molar-refractivity contribution in [3.05, 3.63) is 17.9 Å². The van der Waals surface area contributed by atoms with Gasteiger partial charge in [-0.2, -0.15) is 0 Å². The number of hydrogen-bond acceptors (Lipinski definition) is 3. The first-order valence-corrected chi connectivity index (χ1v) is 4.16. The lowest BCUT2D eigenvalue weighted by atomic mass is 10.2. The molecule has 3 N–H and O–H groups in total. The Labute approximate surface area is 75.7 Å². The van der Waals surface area contributed by atoms with Crippen LogP contribution >= 0.6 is 0 Å². The zero-order valence-corrected chi connectivity index (χ0v) is 7.30. The molecule has 1 aliphatic heterocycles. The van der Waals surface area contributed by atoms with Gasteiger partial charge >= 0.3 is 0 Å². The fourth-order valence-corrected chi connectivity index (χ4v) is 1.37. The molecular weight excluding hydrogens is 171 g/mol. The van der Waals surface area contributed by atoms with Crippen LogP contribution in [-0.2, 0) is 0 Å². The average molecular weight is 182 g/mol. The van der Waals surface area contributed by atoms with Gasteiger partial charge in [-0.25, -0.2) is 4.39 Å². The fraction of sp³-hybridized carbons (Fsp3) is 0.333. The lowest BCUT2D eigenvalue weighted by Gasteiger charge is -2.25. The Morgan fingerprint density at radius 3 is 3.15 bits per heavy atom. The molecule has 0 radical (unpaired) electrons. The summed E-state index contributed by atoms with van der Waals surface area (Å²) in [7, 11) is 0. The van der Waals surface area contributed by atoms with E-state index in [9.17, 15) is 4.39 Å². The summed E-state index contributed by atoms with van der Waals surface area (Å²) in [4.78, 5) is 0. The van der Waals surface area contributed by atoms with Crippen molar-refractivity contribution in [3.63, 3.8) is 0 Å². The van der Waals surface area contributed by atoms with Crippen LogP contribution in [-0.4, -0.2) is 12.6 Å². The van der Waals surface area contributed by atoms with E-state index in [0.717, 1.165) is 0 Å². The first-order valence-electron chi connectivity index (χ1n) is 4.16. The monoisotopic (exact) mass is 182 g/mol. The molecule has 3 nitrogen and oxygen atoms in total. The van der Waals surface area contributed by atoms with Crippen LogP contribution < -0.4 is 15.8 Å². The smallest absolute Gasteiger partial charge is 0.165 e. The highest BCUT2D eigenvalue weighted by atomic mass is 19.1. The van der Waals surface area contributed by atoms with Gasteiger partial charge in [0.15, 0.2) is 5.75 Å². The predicted molar refractivity (Wildman–Crippen MR) is 49.4 cm³/mol. The van der Waals surface area contributed by atoms with Gasteiger partial charge in [-0.15, -0.1) is 0 Å². The van der Waals surface area contributed by atoms with Crippen LogP contribution in [0.1, 0.15) is 6.92 Å². The normalized spacial score (nSPS) is 20.0. The molecule has 0 saturated carbocycles. The highest BCUT2D eigenvalue weighted by Crippen LogP contribution is 2.35. The maximum Gasteiger partial charge on any atom is 0.165 e. The van der Waals surface area contributed by atoms with Gasteiger partial charge in [-0.05, 0) is 6.92 Å². The lowest BCUT2D eigenvalue weighted by molar-refractivity contribution is 0.227. The van der Waals surface area contributed by atoms with Crippen molar-refractivity contribution in [2.45, 2.75) is 13.0 Å². The summed E-state index contributed by atoms with van der Waals surface area (Å²) in [6.07, 6.45) is 0.0697. The van der Waals surface area contributed by atoms with E-state index >= 15 is 0 Å². The fourth-order valence-electron chi connectivity index (χ4n) is 1.37. The Morgan fingerprint density at radius 2 is 2.38 bits per heavy atom. The summed E-state index contributed by atoms with van der Waals surface area (Å²) in [5.74, 6) is 0.210. The van der Waals surface area contributed by atoms with E-state index in [1.807, 2.05) is 6.92 Å². The molecule has 1 aromatic rings. The number of halogens is 1. The van der Waals surface area contributed by atoms with Gasteiger partial charge in [-0.3, -0.25) is 0 Å². The third-order valence-electron chi connectivity index (χ3n) is 1.98. The lowest BCUT2D eigenvalue weighted by Crippen LogP contribution is -2.28. The van der Waals surface area contributed by atoms with Crippen LogP contribution in [0.25, 0.3) is 0 Å². The quantitative estimate of drug-likeness (QED) is 0.599. The van der Waals surface area contributed by atoms with Crippen molar-refractivity contribution in [3.8, 4) is 5.75 Å². The largest absolute Gasteiger partial charge is 0.485 e. The van der Waals surface area contributed by atoms with Crippen LogP contribution in [0, 0.1) is 5.82 Å². The Bertz CT molecular complexity index is 341. The Balaban J connectivity index is 2.47. The van der Waals surface area contributed by atoms with E-state index in [2.05, 4.69) is 5.32 Å². The minimum Gasteiger partial charge on any atom is -0.485 e. The zero-order valence-electron chi connectivity index (χ0n) is 7.30. The number of benzene rings is 1. The maximum atomic E-state index is 12.9. The zero-order chi connectivity index (χ0) is 9.42. The van der Waals surface area contributed by atoms with Crippen molar-refractivity contribution in [2.75, 3.05) is 17.6 Å². The molecule has 0 saturated heterocycles. The Hall–Kier alpha value is -1.45. The molecule has 0 aromatic heterocycles. The number of nitrogen functional groups attached to an aromatic ring is 1. The molecule has 4 heteroatoms. The van der Waals surface area contributed by atoms with Gasteiger partial charge in [0.05, 0.1) is 17.9 Å². The number of anilines is 2.